The first-order valence-electron chi connectivity index (χ1n) is 4.89. The van der Waals surface area contributed by atoms with Crippen molar-refractivity contribution < 1.29 is 4.74 Å². The fourth-order valence-corrected chi connectivity index (χ4v) is 1.31. The van der Waals surface area contributed by atoms with Crippen molar-refractivity contribution in [1.29, 1.82) is 0 Å². The van der Waals surface area contributed by atoms with Gasteiger partial charge in [-0.25, -0.2) is 0 Å². The van der Waals surface area contributed by atoms with Crippen molar-refractivity contribution in [1.82, 2.24) is 20.2 Å². The number of hydrogen-bond acceptors (Lipinski definition) is 5. The summed E-state index contributed by atoms with van der Waals surface area (Å²) in [6, 6.07) is 7.69. The Hall–Kier alpha value is -2.11. The zero-order valence-electron chi connectivity index (χ0n) is 9.21. The molecule has 0 aliphatic rings. The molecule has 16 heavy (non-hydrogen) atoms. The topological polar surface area (TPSA) is 64.9 Å². The molecule has 84 valence electrons. The molecule has 0 unspecified atom stereocenters. The largest absolute Gasteiger partial charge is 0.497 e. The molecule has 1 heterocycles. The van der Waals surface area contributed by atoms with E-state index in [9.17, 15) is 0 Å². The number of methoxy groups -OCH3 is 1. The van der Waals surface area contributed by atoms with E-state index in [0.29, 0.717) is 12.4 Å². The summed E-state index contributed by atoms with van der Waals surface area (Å²) >= 11 is 0. The van der Waals surface area contributed by atoms with Crippen molar-refractivity contribution >= 4 is 5.69 Å². The van der Waals surface area contributed by atoms with Crippen molar-refractivity contribution in [2.24, 2.45) is 7.05 Å². The Kier molecular flexibility index (Phi) is 3.00. The van der Waals surface area contributed by atoms with Crippen LogP contribution < -0.4 is 10.1 Å². The second-order valence-electron chi connectivity index (χ2n) is 3.28. The number of nitrogens with one attached hydrogen (secondary N) is 1. The molecular weight excluding hydrogens is 206 g/mol. The summed E-state index contributed by atoms with van der Waals surface area (Å²) in [5.41, 5.74) is 0.965. The molecule has 0 bridgehead atoms. The molecule has 1 N–H and O–H groups in total. The van der Waals surface area contributed by atoms with E-state index in [1.54, 1.807) is 14.2 Å². The van der Waals surface area contributed by atoms with Crippen LogP contribution in [-0.2, 0) is 13.6 Å². The van der Waals surface area contributed by atoms with E-state index in [0.717, 1.165) is 11.4 Å². The lowest BCUT2D eigenvalue weighted by molar-refractivity contribution is 0.415. The smallest absolute Gasteiger partial charge is 0.193 e. The lowest BCUT2D eigenvalue weighted by Gasteiger charge is -2.05. The molecule has 0 saturated carbocycles. The number of rotatable bonds is 4. The number of ether oxygens (including phenoxy) is 1. The number of nitrogens with zero attached hydrogens (tertiary/aromatic N) is 4. The van der Waals surface area contributed by atoms with Crippen molar-refractivity contribution in [3.8, 4) is 5.75 Å². The molecule has 0 aliphatic carbocycles. The van der Waals surface area contributed by atoms with E-state index in [-0.39, 0.29) is 0 Å². The van der Waals surface area contributed by atoms with Crippen molar-refractivity contribution in [3.63, 3.8) is 0 Å². The summed E-state index contributed by atoms with van der Waals surface area (Å²) in [6.45, 7) is 0.543. The highest BCUT2D eigenvalue weighted by Crippen LogP contribution is 2.16. The quantitative estimate of drug-likeness (QED) is 0.825. The SMILES string of the molecule is COc1cccc(NCc2nnn(C)n2)c1. The van der Waals surface area contributed by atoms with Gasteiger partial charge in [0.05, 0.1) is 20.7 Å². The van der Waals surface area contributed by atoms with Gasteiger partial charge in [0.2, 0.25) is 0 Å². The van der Waals surface area contributed by atoms with E-state index in [2.05, 4.69) is 20.7 Å². The first-order chi connectivity index (χ1) is 7.78. The van der Waals surface area contributed by atoms with E-state index >= 15 is 0 Å². The number of aromatic nitrogens is 4. The molecule has 0 atom stereocenters. The number of benzene rings is 1. The minimum atomic E-state index is 0.543. The standard InChI is InChI=1S/C10H13N5O/c1-15-13-10(12-14-15)7-11-8-4-3-5-9(6-8)16-2/h3-6,11H,7H2,1-2H3. The third kappa shape index (κ3) is 2.47. The first kappa shape index (κ1) is 10.4. The third-order valence-corrected chi connectivity index (χ3v) is 2.07. The lowest BCUT2D eigenvalue weighted by atomic mass is 10.3. The van der Waals surface area contributed by atoms with Gasteiger partial charge < -0.3 is 10.1 Å². The summed E-state index contributed by atoms with van der Waals surface area (Å²) in [5, 5.41) is 14.9. The Labute approximate surface area is 93.2 Å². The monoisotopic (exact) mass is 219 g/mol. The van der Waals surface area contributed by atoms with Crippen LogP contribution in [0.25, 0.3) is 0 Å². The van der Waals surface area contributed by atoms with Gasteiger partial charge in [-0.15, -0.1) is 10.2 Å². The molecule has 6 heteroatoms. The lowest BCUT2D eigenvalue weighted by Crippen LogP contribution is -2.02. The average Bonchev–Trinajstić information content (AvgIpc) is 2.73. The number of hydrogen-bond donors (Lipinski definition) is 1. The maximum absolute atomic E-state index is 5.12. The number of anilines is 1. The van der Waals surface area contributed by atoms with Gasteiger partial charge in [-0.2, -0.15) is 4.80 Å². The van der Waals surface area contributed by atoms with E-state index in [1.165, 1.54) is 4.80 Å². The summed E-state index contributed by atoms with van der Waals surface area (Å²) in [6.07, 6.45) is 0. The van der Waals surface area contributed by atoms with E-state index in [4.69, 9.17) is 4.74 Å². The molecule has 0 fully saturated rings. The van der Waals surface area contributed by atoms with Gasteiger partial charge in [0.15, 0.2) is 5.82 Å². The molecule has 0 spiro atoms. The van der Waals surface area contributed by atoms with Crippen molar-refractivity contribution in [2.75, 3.05) is 12.4 Å². The second kappa shape index (κ2) is 4.61. The minimum absolute atomic E-state index is 0.543. The molecule has 0 aliphatic heterocycles. The normalized spacial score (nSPS) is 10.1. The van der Waals surface area contributed by atoms with Gasteiger partial charge in [-0.1, -0.05) is 6.07 Å². The summed E-state index contributed by atoms with van der Waals surface area (Å²) in [5.74, 6) is 1.47. The Morgan fingerprint density at radius 2 is 2.31 bits per heavy atom. The molecule has 1 aromatic heterocycles. The molecule has 0 amide bonds. The van der Waals surface area contributed by atoms with Crippen LogP contribution in [0.1, 0.15) is 5.82 Å². The Balaban J connectivity index is 1.99. The van der Waals surface area contributed by atoms with Gasteiger partial charge >= 0.3 is 0 Å². The summed E-state index contributed by atoms with van der Waals surface area (Å²) in [7, 11) is 3.38. The van der Waals surface area contributed by atoms with Gasteiger partial charge in [0.1, 0.15) is 5.75 Å². The first-order valence-corrected chi connectivity index (χ1v) is 4.89. The minimum Gasteiger partial charge on any atom is -0.497 e. The van der Waals surface area contributed by atoms with Crippen LogP contribution in [0.15, 0.2) is 24.3 Å². The van der Waals surface area contributed by atoms with Crippen LogP contribution in [0.5, 0.6) is 5.75 Å². The molecule has 0 saturated heterocycles. The molecule has 1 aromatic carbocycles. The van der Waals surface area contributed by atoms with Gasteiger partial charge in [0.25, 0.3) is 0 Å². The second-order valence-corrected chi connectivity index (χ2v) is 3.28. The van der Waals surface area contributed by atoms with Gasteiger partial charge in [0, 0.05) is 11.8 Å². The predicted octanol–water partition coefficient (Wildman–Crippen LogP) is 0.831. The zero-order chi connectivity index (χ0) is 11.4. The zero-order valence-corrected chi connectivity index (χ0v) is 9.21. The van der Waals surface area contributed by atoms with Crippen LogP contribution in [0.4, 0.5) is 5.69 Å². The maximum Gasteiger partial charge on any atom is 0.193 e. The maximum atomic E-state index is 5.12. The van der Waals surface area contributed by atoms with E-state index < -0.39 is 0 Å². The molecule has 2 rings (SSSR count). The van der Waals surface area contributed by atoms with Crippen LogP contribution in [-0.4, -0.2) is 27.3 Å². The highest BCUT2D eigenvalue weighted by atomic mass is 16.5. The van der Waals surface area contributed by atoms with Crippen LogP contribution >= 0.6 is 0 Å². The van der Waals surface area contributed by atoms with Gasteiger partial charge in [-0.3, -0.25) is 0 Å². The Bertz CT molecular complexity index is 468. The number of aryl methyl sites for hydroxylation is 1. The van der Waals surface area contributed by atoms with Gasteiger partial charge in [-0.05, 0) is 17.3 Å². The van der Waals surface area contributed by atoms with Crippen LogP contribution in [0, 0.1) is 0 Å². The summed E-state index contributed by atoms with van der Waals surface area (Å²) < 4.78 is 5.12. The Morgan fingerprint density at radius 3 is 3.00 bits per heavy atom. The molecule has 0 radical (unpaired) electrons. The third-order valence-electron chi connectivity index (χ3n) is 2.07. The van der Waals surface area contributed by atoms with Crippen molar-refractivity contribution in [3.05, 3.63) is 30.1 Å². The Morgan fingerprint density at radius 1 is 1.44 bits per heavy atom. The van der Waals surface area contributed by atoms with Crippen LogP contribution in [0.3, 0.4) is 0 Å². The fourth-order valence-electron chi connectivity index (χ4n) is 1.31. The van der Waals surface area contributed by atoms with Crippen LogP contribution in [0.2, 0.25) is 0 Å². The molecular formula is C10H13N5O. The predicted molar refractivity (Wildman–Crippen MR) is 59.1 cm³/mol. The molecule has 2 aromatic rings. The van der Waals surface area contributed by atoms with E-state index in [1.807, 2.05) is 24.3 Å². The highest BCUT2D eigenvalue weighted by Gasteiger charge is 2.00. The molecule has 6 nitrogen and oxygen atoms in total. The fraction of sp³-hybridized carbons (Fsp3) is 0.300. The highest BCUT2D eigenvalue weighted by molar-refractivity contribution is 5.48. The summed E-state index contributed by atoms with van der Waals surface area (Å²) in [4.78, 5) is 1.43. The average molecular weight is 219 g/mol. The number of tetrazole rings is 1. The van der Waals surface area contributed by atoms with Crippen molar-refractivity contribution in [2.45, 2.75) is 6.54 Å².